The van der Waals surface area contributed by atoms with Gasteiger partial charge in [0.05, 0.1) is 9.52 Å². The standard InChI is InChI=1S/C24H34OSi/c1-16(2)12-21-14-20(15-22(24(21)25)13-17(3)4)10-11-26-23-9-7-8-18(5)19(23)6/h7-9,14-17,25H,10-13H2,1-6H3. The van der Waals surface area contributed by atoms with Crippen molar-refractivity contribution < 1.29 is 5.11 Å². The summed E-state index contributed by atoms with van der Waals surface area (Å²) in [6, 6.07) is 12.3. The smallest absolute Gasteiger partial charge is 0.121 e. The van der Waals surface area contributed by atoms with Crippen molar-refractivity contribution in [2.75, 3.05) is 0 Å². The van der Waals surface area contributed by atoms with Crippen molar-refractivity contribution in [3.8, 4) is 5.75 Å². The Labute approximate surface area is 162 Å². The molecule has 0 spiro atoms. The van der Waals surface area contributed by atoms with E-state index >= 15 is 0 Å². The van der Waals surface area contributed by atoms with Gasteiger partial charge in [0.2, 0.25) is 0 Å². The lowest BCUT2D eigenvalue weighted by atomic mass is 9.92. The summed E-state index contributed by atoms with van der Waals surface area (Å²) in [5.74, 6) is 1.65. The first-order valence-electron chi connectivity index (χ1n) is 9.91. The van der Waals surface area contributed by atoms with Gasteiger partial charge in [-0.3, -0.25) is 0 Å². The fourth-order valence-electron chi connectivity index (χ4n) is 3.45. The Hall–Kier alpha value is -1.54. The molecule has 0 heterocycles. The Morgan fingerprint density at radius 1 is 0.923 bits per heavy atom. The summed E-state index contributed by atoms with van der Waals surface area (Å²) < 4.78 is 0. The highest BCUT2D eigenvalue weighted by Gasteiger charge is 2.13. The minimum absolute atomic E-state index is 0.535. The second kappa shape index (κ2) is 9.41. The first kappa shape index (κ1) is 20.8. The number of rotatable bonds is 8. The Morgan fingerprint density at radius 2 is 1.50 bits per heavy atom. The third-order valence-electron chi connectivity index (χ3n) is 4.92. The maximum absolute atomic E-state index is 10.7. The Morgan fingerprint density at radius 3 is 2.04 bits per heavy atom. The van der Waals surface area contributed by atoms with Crippen LogP contribution in [-0.2, 0) is 19.3 Å². The second-order valence-corrected chi connectivity index (χ2v) is 9.78. The Bertz CT molecular complexity index is 700. The zero-order chi connectivity index (χ0) is 19.3. The lowest BCUT2D eigenvalue weighted by Gasteiger charge is -2.16. The maximum atomic E-state index is 10.7. The van der Waals surface area contributed by atoms with Gasteiger partial charge in [-0.1, -0.05) is 69.3 Å². The Kier molecular flexibility index (Phi) is 7.51. The molecule has 140 valence electrons. The molecule has 0 saturated carbocycles. The predicted molar refractivity (Wildman–Crippen MR) is 115 cm³/mol. The van der Waals surface area contributed by atoms with E-state index < -0.39 is 0 Å². The van der Waals surface area contributed by atoms with Crippen molar-refractivity contribution in [1.82, 2.24) is 0 Å². The van der Waals surface area contributed by atoms with E-state index in [1.54, 1.807) is 0 Å². The van der Waals surface area contributed by atoms with Crippen LogP contribution < -0.4 is 5.19 Å². The molecule has 0 aromatic heterocycles. The number of hydrogen-bond acceptors (Lipinski definition) is 1. The first-order chi connectivity index (χ1) is 12.3. The molecule has 0 unspecified atom stereocenters. The van der Waals surface area contributed by atoms with Gasteiger partial charge in [-0.25, -0.2) is 0 Å². The van der Waals surface area contributed by atoms with Gasteiger partial charge in [0.25, 0.3) is 0 Å². The van der Waals surface area contributed by atoms with Crippen LogP contribution >= 0.6 is 0 Å². The molecule has 0 bridgehead atoms. The van der Waals surface area contributed by atoms with Gasteiger partial charge in [0.15, 0.2) is 0 Å². The highest BCUT2D eigenvalue weighted by molar-refractivity contribution is 6.54. The third-order valence-corrected chi connectivity index (χ3v) is 6.34. The minimum atomic E-state index is 0.535. The molecule has 0 aliphatic carbocycles. The van der Waals surface area contributed by atoms with Crippen LogP contribution in [0.3, 0.4) is 0 Å². The van der Waals surface area contributed by atoms with Crippen molar-refractivity contribution >= 4 is 14.7 Å². The largest absolute Gasteiger partial charge is 0.507 e. The van der Waals surface area contributed by atoms with E-state index in [1.165, 1.54) is 27.9 Å². The van der Waals surface area contributed by atoms with Gasteiger partial charge >= 0.3 is 0 Å². The minimum Gasteiger partial charge on any atom is -0.507 e. The Balaban J connectivity index is 2.15. The second-order valence-electron chi connectivity index (χ2n) is 8.38. The van der Waals surface area contributed by atoms with Gasteiger partial charge in [-0.2, -0.15) is 0 Å². The number of aryl methyl sites for hydroxylation is 2. The lowest BCUT2D eigenvalue weighted by Crippen LogP contribution is -2.18. The van der Waals surface area contributed by atoms with Crippen LogP contribution in [0.1, 0.15) is 55.5 Å². The third kappa shape index (κ3) is 5.74. The lowest BCUT2D eigenvalue weighted by molar-refractivity contribution is 0.450. The SMILES string of the molecule is Cc1cccc([Si]CCc2cc(CC(C)C)c(O)c(CC(C)C)c2)c1C. The van der Waals surface area contributed by atoms with Crippen LogP contribution in [0.4, 0.5) is 0 Å². The van der Waals surface area contributed by atoms with Crippen molar-refractivity contribution in [3.05, 3.63) is 58.1 Å². The van der Waals surface area contributed by atoms with Crippen molar-refractivity contribution in [2.24, 2.45) is 11.8 Å². The summed E-state index contributed by atoms with van der Waals surface area (Å²) in [4.78, 5) is 0. The topological polar surface area (TPSA) is 20.2 Å². The molecule has 2 aromatic rings. The molecule has 0 aliphatic rings. The number of phenols is 1. The number of aromatic hydroxyl groups is 1. The molecule has 0 amide bonds. The summed E-state index contributed by atoms with van der Waals surface area (Å²) in [5, 5.41) is 12.2. The fourth-order valence-corrected chi connectivity index (χ4v) is 4.81. The van der Waals surface area contributed by atoms with E-state index in [9.17, 15) is 5.11 Å². The molecular formula is C24H34OSi. The van der Waals surface area contributed by atoms with Crippen LogP contribution in [0, 0.1) is 25.7 Å². The zero-order valence-electron chi connectivity index (χ0n) is 17.3. The molecule has 2 heteroatoms. The first-order valence-corrected chi connectivity index (χ1v) is 11.1. The summed E-state index contributed by atoms with van der Waals surface area (Å²) in [6.45, 7) is 13.3. The summed E-state index contributed by atoms with van der Waals surface area (Å²) >= 11 is 0. The maximum Gasteiger partial charge on any atom is 0.121 e. The fraction of sp³-hybridized carbons (Fsp3) is 0.500. The predicted octanol–water partition coefficient (Wildman–Crippen LogP) is 5.40. The van der Waals surface area contributed by atoms with E-state index in [1.807, 2.05) is 0 Å². The molecule has 26 heavy (non-hydrogen) atoms. The quantitative estimate of drug-likeness (QED) is 0.620. The van der Waals surface area contributed by atoms with Crippen molar-refractivity contribution in [1.29, 1.82) is 0 Å². The highest BCUT2D eigenvalue weighted by atomic mass is 28.2. The molecule has 1 N–H and O–H groups in total. The van der Waals surface area contributed by atoms with Gasteiger partial charge in [-0.05, 0) is 72.8 Å². The molecule has 2 radical (unpaired) electrons. The monoisotopic (exact) mass is 366 g/mol. The summed E-state index contributed by atoms with van der Waals surface area (Å²) in [5.41, 5.74) is 6.47. The number of phenolic OH excluding ortho intramolecular Hbond substituents is 1. The molecule has 1 nitrogen and oxygen atoms in total. The molecule has 2 rings (SSSR count). The van der Waals surface area contributed by atoms with Gasteiger partial charge in [-0.15, -0.1) is 0 Å². The van der Waals surface area contributed by atoms with Crippen LogP contribution in [0.25, 0.3) is 0 Å². The highest BCUT2D eigenvalue weighted by Crippen LogP contribution is 2.29. The molecule has 0 atom stereocenters. The molecule has 0 aliphatic heterocycles. The number of benzene rings is 2. The summed E-state index contributed by atoms with van der Waals surface area (Å²) in [7, 11) is 0.846. The average molecular weight is 367 g/mol. The zero-order valence-corrected chi connectivity index (χ0v) is 18.3. The molecule has 2 aromatic carbocycles. The van der Waals surface area contributed by atoms with Crippen LogP contribution in [0.15, 0.2) is 30.3 Å². The van der Waals surface area contributed by atoms with Gasteiger partial charge in [0.1, 0.15) is 5.75 Å². The molecular weight excluding hydrogens is 332 g/mol. The molecule has 0 saturated heterocycles. The van der Waals surface area contributed by atoms with E-state index in [0.29, 0.717) is 17.6 Å². The van der Waals surface area contributed by atoms with Crippen LogP contribution in [-0.4, -0.2) is 14.6 Å². The van der Waals surface area contributed by atoms with Crippen molar-refractivity contribution in [3.63, 3.8) is 0 Å². The average Bonchev–Trinajstić information content (AvgIpc) is 2.54. The van der Waals surface area contributed by atoms with E-state index in [4.69, 9.17) is 0 Å². The van der Waals surface area contributed by atoms with Gasteiger partial charge in [0, 0.05) is 0 Å². The van der Waals surface area contributed by atoms with Crippen LogP contribution in [0.2, 0.25) is 6.04 Å². The normalized spacial score (nSPS) is 11.5. The molecule has 0 fully saturated rings. The summed E-state index contributed by atoms with van der Waals surface area (Å²) in [6.07, 6.45) is 2.98. The van der Waals surface area contributed by atoms with E-state index in [0.717, 1.165) is 39.9 Å². The van der Waals surface area contributed by atoms with E-state index in [2.05, 4.69) is 71.9 Å². The van der Waals surface area contributed by atoms with Gasteiger partial charge < -0.3 is 5.11 Å². The van der Waals surface area contributed by atoms with E-state index in [-0.39, 0.29) is 0 Å². The number of hydrogen-bond donors (Lipinski definition) is 1. The van der Waals surface area contributed by atoms with Crippen LogP contribution in [0.5, 0.6) is 5.75 Å². The van der Waals surface area contributed by atoms with Crippen molar-refractivity contribution in [2.45, 2.75) is 66.8 Å².